The van der Waals surface area contributed by atoms with Crippen molar-refractivity contribution in [3.63, 3.8) is 0 Å². The fourth-order valence-corrected chi connectivity index (χ4v) is 1.68. The Morgan fingerprint density at radius 1 is 1.00 bits per heavy atom. The van der Waals surface area contributed by atoms with E-state index in [-0.39, 0.29) is 10.8 Å². The number of nitrogens with zero attached hydrogens (tertiary/aromatic N) is 1. The Kier molecular flexibility index (Phi) is 2.40. The molecule has 0 amide bonds. The second-order valence-electron chi connectivity index (χ2n) is 5.86. The summed E-state index contributed by atoms with van der Waals surface area (Å²) in [5, 5.41) is 0. The molecule has 0 N–H and O–H groups in total. The van der Waals surface area contributed by atoms with E-state index in [9.17, 15) is 0 Å². The summed E-state index contributed by atoms with van der Waals surface area (Å²) < 4.78 is 0. The van der Waals surface area contributed by atoms with E-state index in [4.69, 9.17) is 0 Å². The van der Waals surface area contributed by atoms with Gasteiger partial charge in [-0.2, -0.15) is 0 Å². The molecule has 1 aliphatic rings. The smallest absolute Gasteiger partial charge is 0.0611 e. The van der Waals surface area contributed by atoms with Gasteiger partial charge < -0.3 is 0 Å². The molecule has 0 unspecified atom stereocenters. The summed E-state index contributed by atoms with van der Waals surface area (Å²) >= 11 is 0. The fraction of sp³-hybridized carbons (Fsp3) is 0.750. The Balaban J connectivity index is 3.10. The van der Waals surface area contributed by atoms with Crippen LogP contribution in [0.4, 0.5) is 0 Å². The minimum atomic E-state index is 0.239. The predicted octanol–water partition coefficient (Wildman–Crippen LogP) is 3.46. The van der Waals surface area contributed by atoms with Crippen LogP contribution in [0, 0.1) is 10.8 Å². The largest absolute Gasteiger partial charge is 0.288 e. The van der Waals surface area contributed by atoms with Crippen LogP contribution in [-0.4, -0.2) is 12.8 Å². The van der Waals surface area contributed by atoms with Gasteiger partial charge in [0.15, 0.2) is 0 Å². The Bertz CT molecular complexity index is 256. The van der Waals surface area contributed by atoms with Crippen LogP contribution in [-0.2, 0) is 0 Å². The van der Waals surface area contributed by atoms with Crippen molar-refractivity contribution >= 4 is 6.21 Å². The first kappa shape index (κ1) is 10.5. The van der Waals surface area contributed by atoms with Crippen LogP contribution in [0.25, 0.3) is 0 Å². The molecule has 0 aromatic heterocycles. The molecule has 0 radical (unpaired) electrons. The lowest BCUT2D eigenvalue weighted by atomic mass is 9.76. The molecule has 1 heterocycles. The van der Waals surface area contributed by atoms with E-state index in [1.54, 1.807) is 0 Å². The van der Waals surface area contributed by atoms with Crippen LogP contribution in [0.5, 0.6) is 0 Å². The van der Waals surface area contributed by atoms with Crippen molar-refractivity contribution in [1.82, 2.24) is 0 Å². The van der Waals surface area contributed by atoms with Gasteiger partial charge in [-0.15, -0.1) is 0 Å². The molecule has 0 aromatic carbocycles. The quantitative estimate of drug-likeness (QED) is 0.540. The van der Waals surface area contributed by atoms with Gasteiger partial charge in [0.2, 0.25) is 0 Å². The highest BCUT2D eigenvalue weighted by molar-refractivity contribution is 5.84. The molecule has 1 aliphatic heterocycles. The van der Waals surface area contributed by atoms with Crippen LogP contribution in [0.15, 0.2) is 16.1 Å². The highest BCUT2D eigenvalue weighted by atomic mass is 14.7. The van der Waals surface area contributed by atoms with Crippen molar-refractivity contribution in [1.29, 1.82) is 0 Å². The third-order valence-electron chi connectivity index (χ3n) is 2.51. The normalized spacial score (nSPS) is 18.6. The van der Waals surface area contributed by atoms with Crippen molar-refractivity contribution in [3.8, 4) is 0 Å². The maximum absolute atomic E-state index is 4.38. The van der Waals surface area contributed by atoms with Gasteiger partial charge in [-0.3, -0.25) is 4.99 Å². The summed E-state index contributed by atoms with van der Waals surface area (Å²) in [4.78, 5) is 4.38. The van der Waals surface area contributed by atoms with Crippen molar-refractivity contribution in [2.75, 3.05) is 6.54 Å². The predicted molar refractivity (Wildman–Crippen MR) is 59.3 cm³/mol. The van der Waals surface area contributed by atoms with Crippen LogP contribution in [0.1, 0.15) is 41.5 Å². The topological polar surface area (TPSA) is 12.4 Å². The van der Waals surface area contributed by atoms with Crippen LogP contribution >= 0.6 is 0 Å². The summed E-state index contributed by atoms with van der Waals surface area (Å²) in [6, 6.07) is 0. The summed E-state index contributed by atoms with van der Waals surface area (Å²) in [7, 11) is 0. The molecule has 0 aromatic rings. The van der Waals surface area contributed by atoms with Gasteiger partial charge in [-0.25, -0.2) is 0 Å². The van der Waals surface area contributed by atoms with E-state index in [1.807, 2.05) is 0 Å². The van der Waals surface area contributed by atoms with E-state index in [0.29, 0.717) is 0 Å². The molecule has 0 atom stereocenters. The van der Waals surface area contributed by atoms with Crippen molar-refractivity contribution in [2.24, 2.45) is 15.8 Å². The van der Waals surface area contributed by atoms with E-state index in [1.165, 1.54) is 11.1 Å². The zero-order valence-electron chi connectivity index (χ0n) is 9.73. The lowest BCUT2D eigenvalue weighted by molar-refractivity contribution is 0.460. The molecule has 13 heavy (non-hydrogen) atoms. The van der Waals surface area contributed by atoms with Crippen LogP contribution < -0.4 is 0 Å². The van der Waals surface area contributed by atoms with E-state index < -0.39 is 0 Å². The molecule has 0 saturated carbocycles. The van der Waals surface area contributed by atoms with Crippen molar-refractivity contribution in [2.45, 2.75) is 41.5 Å². The number of hydrogen-bond donors (Lipinski definition) is 0. The first-order valence-corrected chi connectivity index (χ1v) is 4.97. The lowest BCUT2D eigenvalue weighted by Crippen LogP contribution is -2.18. The average molecular weight is 179 g/mol. The summed E-state index contributed by atoms with van der Waals surface area (Å²) in [6.45, 7) is 14.5. The van der Waals surface area contributed by atoms with Crippen LogP contribution in [0.2, 0.25) is 0 Å². The molecule has 0 fully saturated rings. The fourth-order valence-electron chi connectivity index (χ4n) is 1.68. The van der Waals surface area contributed by atoms with E-state index >= 15 is 0 Å². The summed E-state index contributed by atoms with van der Waals surface area (Å²) in [5.74, 6) is 0. The molecule has 0 bridgehead atoms. The maximum Gasteiger partial charge on any atom is 0.0611 e. The lowest BCUT2D eigenvalue weighted by Gasteiger charge is -2.27. The first-order valence-electron chi connectivity index (χ1n) is 4.97. The molecule has 0 saturated heterocycles. The van der Waals surface area contributed by atoms with Gasteiger partial charge in [0, 0.05) is 6.21 Å². The van der Waals surface area contributed by atoms with Gasteiger partial charge in [0.1, 0.15) is 0 Å². The van der Waals surface area contributed by atoms with E-state index in [2.05, 4.69) is 52.7 Å². The first-order chi connectivity index (χ1) is 5.73. The zero-order valence-corrected chi connectivity index (χ0v) is 9.73. The SMILES string of the molecule is CC(C)(C)C1=C(C(C)(C)C)CN=C1. The average Bonchev–Trinajstić information content (AvgIpc) is 2.27. The Morgan fingerprint density at radius 3 is 1.85 bits per heavy atom. The summed E-state index contributed by atoms with van der Waals surface area (Å²) in [6.07, 6.45) is 2.06. The number of aliphatic imine (C=N–C) groups is 1. The molecular weight excluding hydrogens is 158 g/mol. The van der Waals surface area contributed by atoms with Crippen molar-refractivity contribution < 1.29 is 0 Å². The van der Waals surface area contributed by atoms with Gasteiger partial charge in [0.25, 0.3) is 0 Å². The zero-order chi connectivity index (χ0) is 10.3. The summed E-state index contributed by atoms with van der Waals surface area (Å²) in [5.41, 5.74) is 3.43. The third-order valence-corrected chi connectivity index (χ3v) is 2.51. The third kappa shape index (κ3) is 2.20. The van der Waals surface area contributed by atoms with E-state index in [0.717, 1.165) is 6.54 Å². The monoisotopic (exact) mass is 179 g/mol. The molecule has 0 spiro atoms. The number of allylic oxidation sites excluding steroid dienone is 1. The van der Waals surface area contributed by atoms with Gasteiger partial charge >= 0.3 is 0 Å². The number of rotatable bonds is 0. The highest BCUT2D eigenvalue weighted by Crippen LogP contribution is 2.37. The minimum absolute atomic E-state index is 0.239. The minimum Gasteiger partial charge on any atom is -0.288 e. The Labute approximate surface area is 82.0 Å². The van der Waals surface area contributed by atoms with Crippen molar-refractivity contribution in [3.05, 3.63) is 11.1 Å². The van der Waals surface area contributed by atoms with Gasteiger partial charge in [-0.1, -0.05) is 41.5 Å². The highest BCUT2D eigenvalue weighted by Gasteiger charge is 2.28. The number of hydrogen-bond acceptors (Lipinski definition) is 1. The van der Waals surface area contributed by atoms with Gasteiger partial charge in [0.05, 0.1) is 6.54 Å². The molecule has 74 valence electrons. The Morgan fingerprint density at radius 2 is 1.54 bits per heavy atom. The standard InChI is InChI=1S/C12H21N/c1-11(2,3)9-7-13-8-10(9)12(4,5)6/h7H,8H2,1-6H3. The molecule has 1 heteroatoms. The van der Waals surface area contributed by atoms with Crippen LogP contribution in [0.3, 0.4) is 0 Å². The molecular formula is C12H21N. The second-order valence-corrected chi connectivity index (χ2v) is 5.86. The van der Waals surface area contributed by atoms with Gasteiger partial charge in [-0.05, 0) is 22.0 Å². The molecule has 0 aliphatic carbocycles. The molecule has 1 nitrogen and oxygen atoms in total. The Hall–Kier alpha value is -0.590. The molecule has 1 rings (SSSR count). The maximum atomic E-state index is 4.38. The second kappa shape index (κ2) is 2.97.